The molecule has 0 spiro atoms. The van der Waals surface area contributed by atoms with E-state index in [0.717, 1.165) is 40.7 Å². The number of nitrogens with one attached hydrogen (secondary N) is 1. The molecule has 3 aromatic rings. The van der Waals surface area contributed by atoms with Crippen molar-refractivity contribution in [1.29, 1.82) is 0 Å². The molecule has 150 valence electrons. The molecule has 0 saturated heterocycles. The Morgan fingerprint density at radius 1 is 1.00 bits per heavy atom. The molecule has 0 bridgehead atoms. The summed E-state index contributed by atoms with van der Waals surface area (Å²) in [5, 5.41) is 22.9. The molecule has 4 rings (SSSR count). The number of aliphatic hydroxyl groups excluding tert-OH is 1. The van der Waals surface area contributed by atoms with E-state index in [-0.39, 0.29) is 6.10 Å². The van der Waals surface area contributed by atoms with Crippen LogP contribution in [0.4, 0.5) is 19.0 Å². The minimum atomic E-state index is -3.67. The summed E-state index contributed by atoms with van der Waals surface area (Å²) in [7, 11) is 1.85. The SMILES string of the molecule is CNc1nnc(-c2ccc(Cl)cc2)c2ccccc12.FC(F)F.OC1CCC1. The molecule has 1 aromatic heterocycles. The van der Waals surface area contributed by atoms with Crippen molar-refractivity contribution in [3.63, 3.8) is 0 Å². The maximum absolute atomic E-state index is 9.67. The summed E-state index contributed by atoms with van der Waals surface area (Å²) in [5.74, 6) is 0.785. The maximum Gasteiger partial charge on any atom is 0.379 e. The van der Waals surface area contributed by atoms with Crippen molar-refractivity contribution in [2.45, 2.75) is 32.0 Å². The first-order valence-corrected chi connectivity index (χ1v) is 9.09. The van der Waals surface area contributed by atoms with Gasteiger partial charge in [-0.05, 0) is 31.4 Å². The van der Waals surface area contributed by atoms with Crippen molar-refractivity contribution >= 4 is 28.2 Å². The van der Waals surface area contributed by atoms with E-state index >= 15 is 0 Å². The molecule has 0 radical (unpaired) electrons. The van der Waals surface area contributed by atoms with Gasteiger partial charge in [0.15, 0.2) is 5.82 Å². The molecule has 0 aliphatic heterocycles. The summed E-state index contributed by atoms with van der Waals surface area (Å²) >= 11 is 5.92. The van der Waals surface area contributed by atoms with Crippen LogP contribution in [0.5, 0.6) is 0 Å². The molecule has 1 fully saturated rings. The Morgan fingerprint density at radius 3 is 2.00 bits per heavy atom. The van der Waals surface area contributed by atoms with Gasteiger partial charge < -0.3 is 10.4 Å². The topological polar surface area (TPSA) is 58.0 Å². The van der Waals surface area contributed by atoms with Gasteiger partial charge in [-0.15, -0.1) is 10.2 Å². The highest BCUT2D eigenvalue weighted by atomic mass is 35.5. The lowest BCUT2D eigenvalue weighted by Crippen LogP contribution is -2.15. The Morgan fingerprint density at radius 2 is 1.54 bits per heavy atom. The highest BCUT2D eigenvalue weighted by Crippen LogP contribution is 2.29. The zero-order valence-corrected chi connectivity index (χ0v) is 16.0. The second kappa shape index (κ2) is 10.8. The first-order valence-electron chi connectivity index (χ1n) is 8.71. The molecule has 1 aliphatic carbocycles. The van der Waals surface area contributed by atoms with Gasteiger partial charge in [0.05, 0.1) is 6.10 Å². The molecule has 0 amide bonds. The first-order chi connectivity index (χ1) is 13.4. The molecule has 1 heterocycles. The number of alkyl halides is 3. The molecule has 2 aromatic carbocycles. The highest BCUT2D eigenvalue weighted by Gasteiger charge is 2.11. The number of rotatable bonds is 2. The van der Waals surface area contributed by atoms with Gasteiger partial charge in [-0.25, -0.2) is 0 Å². The van der Waals surface area contributed by atoms with Gasteiger partial charge in [-0.1, -0.05) is 48.0 Å². The number of halogens is 4. The van der Waals surface area contributed by atoms with Gasteiger partial charge in [0.2, 0.25) is 0 Å². The number of nitrogens with zero attached hydrogens (tertiary/aromatic N) is 2. The predicted octanol–water partition coefficient (Wildman–Crippen LogP) is 5.70. The van der Waals surface area contributed by atoms with Crippen molar-refractivity contribution < 1.29 is 18.3 Å². The molecular weight excluding hydrogens is 391 g/mol. The Hall–Kier alpha value is -2.38. The van der Waals surface area contributed by atoms with Crippen molar-refractivity contribution in [2.75, 3.05) is 12.4 Å². The van der Waals surface area contributed by atoms with Gasteiger partial charge in [0.25, 0.3) is 0 Å². The zero-order valence-electron chi connectivity index (χ0n) is 15.2. The molecule has 1 aliphatic rings. The van der Waals surface area contributed by atoms with E-state index in [0.29, 0.717) is 5.02 Å². The van der Waals surface area contributed by atoms with Crippen LogP contribution in [0.3, 0.4) is 0 Å². The largest absolute Gasteiger partial charge is 0.393 e. The summed E-state index contributed by atoms with van der Waals surface area (Å²) in [4.78, 5) is 0. The predicted molar refractivity (Wildman–Crippen MR) is 107 cm³/mol. The Kier molecular flexibility index (Phi) is 8.47. The third-order valence-corrected chi connectivity index (χ3v) is 4.37. The lowest BCUT2D eigenvalue weighted by atomic mass is 9.97. The third-order valence-electron chi connectivity index (χ3n) is 4.12. The monoisotopic (exact) mass is 411 g/mol. The summed E-state index contributed by atoms with van der Waals surface area (Å²) in [6.45, 7) is -3.67. The van der Waals surface area contributed by atoms with Crippen LogP contribution in [0, 0.1) is 0 Å². The van der Waals surface area contributed by atoms with Gasteiger partial charge in [-0.3, -0.25) is 0 Å². The van der Waals surface area contributed by atoms with E-state index in [4.69, 9.17) is 16.7 Å². The minimum absolute atomic E-state index is 0.0648. The van der Waals surface area contributed by atoms with E-state index < -0.39 is 6.68 Å². The molecule has 0 atom stereocenters. The molecular formula is C20H21ClF3N3O. The van der Waals surface area contributed by atoms with E-state index in [1.165, 1.54) is 6.42 Å². The Labute approximate surface area is 166 Å². The minimum Gasteiger partial charge on any atom is -0.393 e. The Bertz CT molecular complexity index is 871. The first kappa shape index (κ1) is 21.9. The van der Waals surface area contributed by atoms with Gasteiger partial charge in [0, 0.05) is 28.4 Å². The molecule has 8 heteroatoms. The van der Waals surface area contributed by atoms with Crippen LogP contribution in [0.2, 0.25) is 5.02 Å². The average molecular weight is 412 g/mol. The number of hydrogen-bond donors (Lipinski definition) is 2. The van der Waals surface area contributed by atoms with Crippen molar-refractivity contribution in [2.24, 2.45) is 0 Å². The highest BCUT2D eigenvalue weighted by molar-refractivity contribution is 6.30. The fourth-order valence-corrected chi connectivity index (χ4v) is 2.62. The Balaban J connectivity index is 0.000000259. The summed E-state index contributed by atoms with van der Waals surface area (Å²) in [6.07, 6.45) is 3.39. The summed E-state index contributed by atoms with van der Waals surface area (Å²) in [5.41, 5.74) is 1.88. The standard InChI is InChI=1S/C15H12ClN3.C4H8O.CHF3/c1-17-15-13-5-3-2-4-12(13)14(18-19-15)10-6-8-11(16)9-7-10;5-4-2-1-3-4;2-1(3)4/h2-9H,1H3,(H,17,19);4-5H,1-3H2;1H. The summed E-state index contributed by atoms with van der Waals surface area (Å²) < 4.78 is 29.0. The summed E-state index contributed by atoms with van der Waals surface area (Å²) in [6, 6.07) is 15.7. The van der Waals surface area contributed by atoms with Crippen LogP contribution in [0.15, 0.2) is 48.5 Å². The van der Waals surface area contributed by atoms with Crippen LogP contribution >= 0.6 is 11.6 Å². The normalized spacial score (nSPS) is 13.1. The third kappa shape index (κ3) is 6.35. The molecule has 0 unspecified atom stereocenters. The van der Waals surface area contributed by atoms with Gasteiger partial charge in [0.1, 0.15) is 5.69 Å². The fraction of sp³-hybridized carbons (Fsp3) is 0.300. The van der Waals surface area contributed by atoms with Gasteiger partial charge >= 0.3 is 6.68 Å². The molecule has 28 heavy (non-hydrogen) atoms. The molecule has 4 nitrogen and oxygen atoms in total. The van der Waals surface area contributed by atoms with Crippen LogP contribution in [0.1, 0.15) is 19.3 Å². The molecule has 2 N–H and O–H groups in total. The van der Waals surface area contributed by atoms with E-state index in [9.17, 15) is 13.2 Å². The maximum atomic E-state index is 9.67. The van der Waals surface area contributed by atoms with Crippen molar-refractivity contribution in [1.82, 2.24) is 10.2 Å². The fourth-order valence-electron chi connectivity index (χ4n) is 2.50. The number of anilines is 1. The number of aromatic nitrogens is 2. The zero-order chi connectivity index (χ0) is 20.5. The lowest BCUT2D eigenvalue weighted by molar-refractivity contribution is 0.00819. The van der Waals surface area contributed by atoms with Crippen LogP contribution in [0.25, 0.3) is 22.0 Å². The van der Waals surface area contributed by atoms with E-state index in [1.807, 2.05) is 49.5 Å². The lowest BCUT2D eigenvalue weighted by Gasteiger charge is -2.17. The van der Waals surface area contributed by atoms with Crippen LogP contribution in [-0.4, -0.2) is 35.1 Å². The van der Waals surface area contributed by atoms with E-state index in [1.54, 1.807) is 0 Å². The number of aliphatic hydroxyl groups is 1. The van der Waals surface area contributed by atoms with E-state index in [2.05, 4.69) is 21.6 Å². The van der Waals surface area contributed by atoms with Crippen LogP contribution < -0.4 is 5.32 Å². The number of benzene rings is 2. The second-order valence-corrected chi connectivity index (χ2v) is 6.47. The number of fused-ring (bicyclic) bond motifs is 1. The smallest absolute Gasteiger partial charge is 0.379 e. The quantitative estimate of drug-likeness (QED) is 0.567. The van der Waals surface area contributed by atoms with Crippen molar-refractivity contribution in [3.8, 4) is 11.3 Å². The van der Waals surface area contributed by atoms with Gasteiger partial charge in [-0.2, -0.15) is 13.2 Å². The van der Waals surface area contributed by atoms with Crippen LogP contribution in [-0.2, 0) is 0 Å². The second-order valence-electron chi connectivity index (χ2n) is 6.03. The van der Waals surface area contributed by atoms with Crippen molar-refractivity contribution in [3.05, 3.63) is 53.6 Å². The average Bonchev–Trinajstić information content (AvgIpc) is 2.66. The number of hydrogen-bond acceptors (Lipinski definition) is 4. The molecule has 1 saturated carbocycles.